The molecule has 0 saturated carbocycles. The highest BCUT2D eigenvalue weighted by molar-refractivity contribution is 5.70. The molecule has 10 unspecified atom stereocenters. The molecular formula is C37H62N2O9. The van der Waals surface area contributed by atoms with Crippen LogP contribution in [0, 0.1) is 11.8 Å². The van der Waals surface area contributed by atoms with Crippen molar-refractivity contribution < 1.29 is 43.9 Å². The highest BCUT2D eigenvalue weighted by Gasteiger charge is 2.47. The van der Waals surface area contributed by atoms with Gasteiger partial charge in [0.2, 0.25) is 0 Å². The summed E-state index contributed by atoms with van der Waals surface area (Å²) in [5, 5.41) is 33.2. The van der Waals surface area contributed by atoms with Crippen molar-refractivity contribution in [2.45, 2.75) is 135 Å². The summed E-state index contributed by atoms with van der Waals surface area (Å²) in [7, 11) is 1.71. The van der Waals surface area contributed by atoms with E-state index in [2.05, 4.69) is 25.7 Å². The van der Waals surface area contributed by atoms with Crippen molar-refractivity contribution in [1.82, 2.24) is 9.80 Å². The lowest BCUT2D eigenvalue weighted by atomic mass is 9.88. The van der Waals surface area contributed by atoms with Crippen LogP contribution in [0.5, 0.6) is 0 Å². The summed E-state index contributed by atoms with van der Waals surface area (Å²) in [5.41, 5.74) is -1.87. The first-order valence-electron chi connectivity index (χ1n) is 17.8. The highest BCUT2D eigenvalue weighted by atomic mass is 16.6. The number of likely N-dealkylation sites (N-methyl/N-ethyl adjacent to an activating group) is 1. The van der Waals surface area contributed by atoms with Crippen LogP contribution >= 0.6 is 0 Å². The van der Waals surface area contributed by atoms with E-state index in [0.717, 1.165) is 38.0 Å². The van der Waals surface area contributed by atoms with Crippen molar-refractivity contribution >= 4 is 12.1 Å². The Kier molecular flexibility index (Phi) is 15.1. The molecule has 0 aliphatic carbocycles. The van der Waals surface area contributed by atoms with Gasteiger partial charge in [0.1, 0.15) is 11.7 Å². The van der Waals surface area contributed by atoms with E-state index in [0.29, 0.717) is 19.5 Å². The van der Waals surface area contributed by atoms with Crippen molar-refractivity contribution in [3.63, 3.8) is 0 Å². The molecule has 0 radical (unpaired) electrons. The molecule has 3 aliphatic rings. The molecule has 11 heteroatoms. The Bertz CT molecular complexity index is 1130. The Morgan fingerprint density at radius 3 is 2.62 bits per heavy atom. The van der Waals surface area contributed by atoms with Crippen molar-refractivity contribution in [3.05, 3.63) is 36.0 Å². The van der Waals surface area contributed by atoms with Gasteiger partial charge >= 0.3 is 12.1 Å². The highest BCUT2D eigenvalue weighted by Crippen LogP contribution is 2.38. The molecule has 2 fully saturated rings. The zero-order valence-electron chi connectivity index (χ0n) is 30.5. The summed E-state index contributed by atoms with van der Waals surface area (Å²) in [6.45, 7) is 17.1. The third kappa shape index (κ3) is 11.9. The van der Waals surface area contributed by atoms with Gasteiger partial charge in [-0.3, -0.25) is 4.79 Å². The maximum absolute atomic E-state index is 13.3. The van der Waals surface area contributed by atoms with Crippen LogP contribution < -0.4 is 0 Å². The lowest BCUT2D eigenvalue weighted by Crippen LogP contribution is -2.45. The second kappa shape index (κ2) is 18.1. The molecule has 0 bridgehead atoms. The Balaban J connectivity index is 1.74. The molecule has 3 N–H and O–H groups in total. The summed E-state index contributed by atoms with van der Waals surface area (Å²) in [4.78, 5) is 30.1. The molecule has 3 aliphatic heterocycles. The van der Waals surface area contributed by atoms with Gasteiger partial charge < -0.3 is 44.1 Å². The number of carbonyl (C=O) groups is 2. The van der Waals surface area contributed by atoms with E-state index in [1.54, 1.807) is 56.2 Å². The molecule has 3 heterocycles. The van der Waals surface area contributed by atoms with Gasteiger partial charge in [0.25, 0.3) is 0 Å². The van der Waals surface area contributed by atoms with Crippen molar-refractivity contribution in [1.29, 1.82) is 0 Å². The van der Waals surface area contributed by atoms with E-state index in [9.17, 15) is 24.9 Å². The zero-order chi connectivity index (χ0) is 35.6. The molecule has 274 valence electrons. The molecule has 2 saturated heterocycles. The molecule has 0 aromatic heterocycles. The zero-order valence-corrected chi connectivity index (χ0v) is 30.5. The van der Waals surface area contributed by atoms with E-state index in [-0.39, 0.29) is 49.4 Å². The number of allylic oxidation sites excluding steroid dienone is 2. The number of aliphatic hydroxyl groups is 3. The van der Waals surface area contributed by atoms with Crippen LogP contribution in [0.15, 0.2) is 36.0 Å². The Morgan fingerprint density at radius 2 is 1.96 bits per heavy atom. The third-order valence-corrected chi connectivity index (χ3v) is 10.2. The summed E-state index contributed by atoms with van der Waals surface area (Å²) < 4.78 is 23.3. The van der Waals surface area contributed by atoms with Crippen LogP contribution in [0.2, 0.25) is 0 Å². The number of nitrogens with zero attached hydrogens (tertiary/aromatic N) is 2. The first-order valence-corrected chi connectivity index (χ1v) is 17.8. The van der Waals surface area contributed by atoms with Crippen LogP contribution in [-0.2, 0) is 23.7 Å². The number of cyclic esters (lactones) is 1. The average molecular weight is 679 g/mol. The largest absolute Gasteiger partial charge is 0.457 e. The standard InChI is InChI=1S/C37H62N2O9/c1-9-29(45-8)27(5)34-30(46-34)24-36(6,43)17-11-13-25(3)33-26(4)14-15-31(37(7,44)18-16-28(40)23-32(41)48-33)47-35(42)39-20-12-19-38(10-2)21-22-39/h11,13-15,17,26-31,33-34,40,43-44H,9-10,12,16,18-24H2,1-8H3. The number of hydrogen-bond donors (Lipinski definition) is 3. The summed E-state index contributed by atoms with van der Waals surface area (Å²) >= 11 is 0. The Labute approximate surface area is 287 Å². The topological polar surface area (TPSA) is 142 Å². The summed E-state index contributed by atoms with van der Waals surface area (Å²) in [5.74, 6) is -0.684. The molecule has 0 spiro atoms. The number of aliphatic hydroxyl groups excluding tert-OH is 1. The van der Waals surface area contributed by atoms with Crippen molar-refractivity contribution in [3.8, 4) is 0 Å². The fraction of sp³-hybridized carbons (Fsp3) is 0.784. The minimum atomic E-state index is -1.48. The molecule has 0 aromatic rings. The number of ether oxygens (including phenoxy) is 4. The number of methoxy groups -OCH3 is 1. The molecule has 1 amide bonds. The SMILES string of the molecule is CCC(OC)C(C)C1OC1CC(C)(O)C=CC=C(C)C1OC(=O)CC(O)CCC(C)(O)C(OC(=O)N2CCCN(CC)CC2)C=CC1C. The second-order valence-electron chi connectivity index (χ2n) is 14.5. The second-order valence-corrected chi connectivity index (χ2v) is 14.5. The number of rotatable bonds is 11. The number of esters is 1. The maximum Gasteiger partial charge on any atom is 0.410 e. The average Bonchev–Trinajstić information content (AvgIpc) is 3.82. The van der Waals surface area contributed by atoms with E-state index in [1.165, 1.54) is 0 Å². The Morgan fingerprint density at radius 1 is 1.23 bits per heavy atom. The van der Waals surface area contributed by atoms with Crippen LogP contribution in [0.3, 0.4) is 0 Å². The number of amides is 1. The molecule has 10 atom stereocenters. The van der Waals surface area contributed by atoms with Crippen molar-refractivity contribution in [2.24, 2.45) is 11.8 Å². The van der Waals surface area contributed by atoms with Crippen molar-refractivity contribution in [2.75, 3.05) is 39.8 Å². The molecular weight excluding hydrogens is 616 g/mol. The minimum Gasteiger partial charge on any atom is -0.457 e. The smallest absolute Gasteiger partial charge is 0.410 e. The fourth-order valence-electron chi connectivity index (χ4n) is 6.83. The van der Waals surface area contributed by atoms with Crippen LogP contribution in [0.4, 0.5) is 4.79 Å². The van der Waals surface area contributed by atoms with Crippen LogP contribution in [0.1, 0.15) is 87.0 Å². The third-order valence-electron chi connectivity index (χ3n) is 10.2. The van der Waals surface area contributed by atoms with E-state index < -0.39 is 41.6 Å². The van der Waals surface area contributed by atoms with Gasteiger partial charge in [0, 0.05) is 45.0 Å². The first kappa shape index (κ1) is 40.2. The lowest BCUT2D eigenvalue weighted by Gasteiger charge is -2.34. The van der Waals surface area contributed by atoms with E-state index >= 15 is 0 Å². The van der Waals surface area contributed by atoms with Gasteiger partial charge in [-0.05, 0) is 71.2 Å². The molecule has 11 nitrogen and oxygen atoms in total. The van der Waals surface area contributed by atoms with Gasteiger partial charge in [-0.25, -0.2) is 4.79 Å². The predicted octanol–water partition coefficient (Wildman–Crippen LogP) is 4.39. The summed E-state index contributed by atoms with van der Waals surface area (Å²) in [6.07, 6.45) is 7.84. The van der Waals surface area contributed by atoms with Gasteiger partial charge in [-0.15, -0.1) is 0 Å². The predicted molar refractivity (Wildman–Crippen MR) is 184 cm³/mol. The van der Waals surface area contributed by atoms with Crippen LogP contribution in [-0.4, -0.2) is 125 Å². The molecule has 0 aromatic carbocycles. The number of hydrogen-bond acceptors (Lipinski definition) is 10. The van der Waals surface area contributed by atoms with Crippen LogP contribution in [0.25, 0.3) is 0 Å². The van der Waals surface area contributed by atoms with E-state index in [4.69, 9.17) is 18.9 Å². The quantitative estimate of drug-likeness (QED) is 0.125. The normalized spacial score (nSPS) is 33.9. The molecule has 3 rings (SSSR count). The minimum absolute atomic E-state index is 0.0466. The van der Waals surface area contributed by atoms with Gasteiger partial charge in [-0.2, -0.15) is 0 Å². The summed E-state index contributed by atoms with van der Waals surface area (Å²) in [6, 6.07) is 0. The Hall–Kier alpha value is -2.28. The first-order chi connectivity index (χ1) is 22.6. The molecule has 48 heavy (non-hydrogen) atoms. The van der Waals surface area contributed by atoms with Gasteiger partial charge in [0.15, 0.2) is 6.10 Å². The van der Waals surface area contributed by atoms with Gasteiger partial charge in [0.05, 0.1) is 36.4 Å². The van der Waals surface area contributed by atoms with E-state index in [1.807, 2.05) is 13.8 Å². The number of epoxide rings is 1. The maximum atomic E-state index is 13.3. The lowest BCUT2D eigenvalue weighted by molar-refractivity contribution is -0.151. The number of carbonyl (C=O) groups excluding carboxylic acids is 2. The van der Waals surface area contributed by atoms with Gasteiger partial charge in [-0.1, -0.05) is 52.0 Å². The fourth-order valence-corrected chi connectivity index (χ4v) is 6.83. The monoisotopic (exact) mass is 678 g/mol.